The van der Waals surface area contributed by atoms with Gasteiger partial charge in [0.2, 0.25) is 5.91 Å². The number of nitrogens with two attached hydrogens (primary N) is 1. The van der Waals surface area contributed by atoms with Crippen molar-refractivity contribution in [3.05, 3.63) is 0 Å². The van der Waals surface area contributed by atoms with Gasteiger partial charge in [-0.2, -0.15) is 0 Å². The average molecular weight is 284 g/mol. The molecule has 0 spiro atoms. The maximum atomic E-state index is 11.6. The fourth-order valence-electron chi connectivity index (χ4n) is 2.13. The molecule has 2 atom stereocenters. The van der Waals surface area contributed by atoms with Gasteiger partial charge in [-0.1, -0.05) is 6.92 Å². The van der Waals surface area contributed by atoms with Crippen LogP contribution in [0, 0.1) is 5.92 Å². The first-order valence-electron chi connectivity index (χ1n) is 5.95. The molecule has 1 saturated carbocycles. The molecule has 2 fully saturated rings. The van der Waals surface area contributed by atoms with Crippen LogP contribution in [-0.4, -0.2) is 42.5 Å². The van der Waals surface area contributed by atoms with Gasteiger partial charge in [-0.3, -0.25) is 9.69 Å². The SMILES string of the molecule is CC(CN)C(=O)NC1CCN(C2CC2)C1.Cl.Cl. The van der Waals surface area contributed by atoms with Gasteiger partial charge in [0.1, 0.15) is 0 Å². The van der Waals surface area contributed by atoms with Gasteiger partial charge < -0.3 is 11.1 Å². The highest BCUT2D eigenvalue weighted by atomic mass is 35.5. The van der Waals surface area contributed by atoms with Crippen LogP contribution < -0.4 is 11.1 Å². The fourth-order valence-corrected chi connectivity index (χ4v) is 2.13. The van der Waals surface area contributed by atoms with Crippen LogP contribution >= 0.6 is 24.8 Å². The zero-order valence-corrected chi connectivity index (χ0v) is 11.9. The molecule has 17 heavy (non-hydrogen) atoms. The van der Waals surface area contributed by atoms with Crippen molar-refractivity contribution < 1.29 is 4.79 Å². The van der Waals surface area contributed by atoms with E-state index in [0.29, 0.717) is 12.6 Å². The smallest absolute Gasteiger partial charge is 0.224 e. The van der Waals surface area contributed by atoms with Crippen LogP contribution in [0.1, 0.15) is 26.2 Å². The summed E-state index contributed by atoms with van der Waals surface area (Å²) in [6.07, 6.45) is 3.79. The number of halogens is 2. The summed E-state index contributed by atoms with van der Waals surface area (Å²) < 4.78 is 0. The fraction of sp³-hybridized carbons (Fsp3) is 0.909. The molecule has 1 aliphatic heterocycles. The van der Waals surface area contributed by atoms with Gasteiger partial charge in [0, 0.05) is 37.6 Å². The van der Waals surface area contributed by atoms with E-state index in [1.54, 1.807) is 0 Å². The van der Waals surface area contributed by atoms with Crippen LogP contribution in [0.5, 0.6) is 0 Å². The van der Waals surface area contributed by atoms with Gasteiger partial charge >= 0.3 is 0 Å². The van der Waals surface area contributed by atoms with Crippen molar-refractivity contribution in [1.29, 1.82) is 0 Å². The second-order valence-corrected chi connectivity index (χ2v) is 4.86. The lowest BCUT2D eigenvalue weighted by atomic mass is 10.1. The molecule has 2 unspecified atom stereocenters. The van der Waals surface area contributed by atoms with Crippen LogP contribution in [0.4, 0.5) is 0 Å². The second kappa shape index (κ2) is 7.41. The van der Waals surface area contributed by atoms with E-state index in [4.69, 9.17) is 5.73 Å². The summed E-state index contributed by atoms with van der Waals surface area (Å²) in [7, 11) is 0. The maximum absolute atomic E-state index is 11.6. The monoisotopic (exact) mass is 283 g/mol. The molecule has 1 heterocycles. The standard InChI is InChI=1S/C11H21N3O.2ClH/c1-8(6-12)11(15)13-9-4-5-14(7-9)10-2-3-10;;/h8-10H,2-7,12H2,1H3,(H,13,15);2*1H. The first kappa shape index (κ1) is 17.0. The van der Waals surface area contributed by atoms with Crippen molar-refractivity contribution in [2.24, 2.45) is 11.7 Å². The van der Waals surface area contributed by atoms with Gasteiger partial charge in [-0.05, 0) is 19.3 Å². The third-order valence-corrected chi connectivity index (χ3v) is 3.43. The molecule has 102 valence electrons. The van der Waals surface area contributed by atoms with Crippen molar-refractivity contribution in [3.63, 3.8) is 0 Å². The zero-order chi connectivity index (χ0) is 10.8. The normalized spacial score (nSPS) is 25.6. The van der Waals surface area contributed by atoms with Crippen LogP contribution in [0.2, 0.25) is 0 Å². The Labute approximate surface area is 115 Å². The number of rotatable bonds is 4. The third-order valence-electron chi connectivity index (χ3n) is 3.43. The van der Waals surface area contributed by atoms with E-state index in [9.17, 15) is 4.79 Å². The summed E-state index contributed by atoms with van der Waals surface area (Å²) >= 11 is 0. The molecule has 4 nitrogen and oxygen atoms in total. The van der Waals surface area contributed by atoms with E-state index in [0.717, 1.165) is 25.6 Å². The first-order chi connectivity index (χ1) is 7.20. The number of nitrogens with one attached hydrogen (secondary N) is 1. The molecule has 2 aliphatic rings. The lowest BCUT2D eigenvalue weighted by Gasteiger charge is -2.17. The number of hydrogen-bond acceptors (Lipinski definition) is 3. The molecule has 1 amide bonds. The largest absolute Gasteiger partial charge is 0.352 e. The molecule has 1 aliphatic carbocycles. The summed E-state index contributed by atoms with van der Waals surface area (Å²) in [5, 5.41) is 3.08. The summed E-state index contributed by atoms with van der Waals surface area (Å²) in [6, 6.07) is 1.17. The van der Waals surface area contributed by atoms with Gasteiger partial charge in [0.15, 0.2) is 0 Å². The quantitative estimate of drug-likeness (QED) is 0.802. The summed E-state index contributed by atoms with van der Waals surface area (Å²) in [4.78, 5) is 14.1. The van der Waals surface area contributed by atoms with Crippen molar-refractivity contribution in [3.8, 4) is 0 Å². The topological polar surface area (TPSA) is 58.4 Å². The summed E-state index contributed by atoms with van der Waals surface area (Å²) in [5.74, 6) is 0.0557. The van der Waals surface area contributed by atoms with Crippen molar-refractivity contribution in [1.82, 2.24) is 10.2 Å². The molecule has 2 rings (SSSR count). The van der Waals surface area contributed by atoms with E-state index in [1.165, 1.54) is 12.8 Å². The molecule has 6 heteroatoms. The van der Waals surface area contributed by atoms with Crippen molar-refractivity contribution in [2.45, 2.75) is 38.3 Å². The van der Waals surface area contributed by atoms with Crippen LogP contribution in [0.15, 0.2) is 0 Å². The highest BCUT2D eigenvalue weighted by Gasteiger charge is 2.34. The minimum Gasteiger partial charge on any atom is -0.352 e. The number of carbonyl (C=O) groups is 1. The highest BCUT2D eigenvalue weighted by molar-refractivity contribution is 5.85. The van der Waals surface area contributed by atoms with Crippen LogP contribution in [0.25, 0.3) is 0 Å². The van der Waals surface area contributed by atoms with E-state index in [2.05, 4.69) is 10.2 Å². The Kier molecular flexibility index (Phi) is 7.40. The predicted octanol–water partition coefficient (Wildman–Crippen LogP) is 0.778. The third kappa shape index (κ3) is 4.62. The summed E-state index contributed by atoms with van der Waals surface area (Å²) in [5.41, 5.74) is 5.46. The zero-order valence-electron chi connectivity index (χ0n) is 10.2. The molecule has 0 bridgehead atoms. The van der Waals surface area contributed by atoms with Crippen LogP contribution in [-0.2, 0) is 4.79 Å². The Morgan fingerprint density at radius 2 is 2.06 bits per heavy atom. The Balaban J connectivity index is 0.00000128. The molecule has 0 radical (unpaired) electrons. The van der Waals surface area contributed by atoms with E-state index >= 15 is 0 Å². The predicted molar refractivity (Wildman–Crippen MR) is 73.9 cm³/mol. The van der Waals surface area contributed by atoms with E-state index < -0.39 is 0 Å². The van der Waals surface area contributed by atoms with E-state index in [1.807, 2.05) is 6.92 Å². The summed E-state index contributed by atoms with van der Waals surface area (Å²) in [6.45, 7) is 4.49. The minimum atomic E-state index is -0.0556. The number of carbonyl (C=O) groups excluding carboxylic acids is 1. The number of hydrogen-bond donors (Lipinski definition) is 2. The number of amides is 1. The Bertz CT molecular complexity index is 249. The van der Waals surface area contributed by atoms with E-state index in [-0.39, 0.29) is 36.6 Å². The molecule has 0 aromatic heterocycles. The van der Waals surface area contributed by atoms with Gasteiger partial charge in [0.25, 0.3) is 0 Å². The maximum Gasteiger partial charge on any atom is 0.224 e. The molecular formula is C11H23Cl2N3O. The number of likely N-dealkylation sites (tertiary alicyclic amines) is 1. The Morgan fingerprint density at radius 3 is 2.59 bits per heavy atom. The lowest BCUT2D eigenvalue weighted by Crippen LogP contribution is -2.41. The highest BCUT2D eigenvalue weighted by Crippen LogP contribution is 2.29. The molecule has 3 N–H and O–H groups in total. The first-order valence-corrected chi connectivity index (χ1v) is 5.95. The average Bonchev–Trinajstić information content (AvgIpc) is 2.99. The van der Waals surface area contributed by atoms with Crippen molar-refractivity contribution in [2.75, 3.05) is 19.6 Å². The molecule has 0 aromatic rings. The van der Waals surface area contributed by atoms with Gasteiger partial charge in [0.05, 0.1) is 0 Å². The second-order valence-electron chi connectivity index (χ2n) is 4.86. The lowest BCUT2D eigenvalue weighted by molar-refractivity contribution is -0.124. The van der Waals surface area contributed by atoms with Gasteiger partial charge in [-0.25, -0.2) is 0 Å². The van der Waals surface area contributed by atoms with Crippen LogP contribution in [0.3, 0.4) is 0 Å². The Hall–Kier alpha value is -0.0300. The number of nitrogens with zero attached hydrogens (tertiary/aromatic N) is 1. The van der Waals surface area contributed by atoms with Gasteiger partial charge in [-0.15, -0.1) is 24.8 Å². The van der Waals surface area contributed by atoms with Crippen molar-refractivity contribution >= 4 is 30.7 Å². The minimum absolute atomic E-state index is 0. The Morgan fingerprint density at radius 1 is 1.41 bits per heavy atom. The molecule has 0 aromatic carbocycles. The molecule has 1 saturated heterocycles. The molecular weight excluding hydrogens is 261 g/mol.